The minimum Gasteiger partial charge on any atom is -0.353 e. The fraction of sp³-hybridized carbons (Fsp3) is 0.667. The van der Waals surface area contributed by atoms with Gasteiger partial charge in [0.25, 0.3) is 0 Å². The minimum absolute atomic E-state index is 0.739. The summed E-state index contributed by atoms with van der Waals surface area (Å²) >= 11 is 0. The largest absolute Gasteiger partial charge is 0.353 e. The summed E-state index contributed by atoms with van der Waals surface area (Å²) in [5, 5.41) is 3.26. The van der Waals surface area contributed by atoms with E-state index in [9.17, 15) is 0 Å². The minimum atomic E-state index is 0.739. The average molecular weight is 220 g/mol. The summed E-state index contributed by atoms with van der Waals surface area (Å²) in [7, 11) is 0. The lowest BCUT2D eigenvalue weighted by Gasteiger charge is -2.26. The van der Waals surface area contributed by atoms with Gasteiger partial charge in [-0.1, -0.05) is 6.42 Å². The van der Waals surface area contributed by atoms with Crippen LogP contribution in [-0.4, -0.2) is 41.0 Å². The topological polar surface area (TPSA) is 41.1 Å². The molecule has 4 heteroatoms. The van der Waals surface area contributed by atoms with Gasteiger partial charge in [-0.3, -0.25) is 0 Å². The van der Waals surface area contributed by atoms with Crippen LogP contribution in [0.4, 0.5) is 5.95 Å². The molecule has 0 atom stereocenters. The summed E-state index contributed by atoms with van der Waals surface area (Å²) in [4.78, 5) is 10.9. The van der Waals surface area contributed by atoms with E-state index in [1.54, 1.807) is 0 Å². The number of rotatable bonds is 4. The van der Waals surface area contributed by atoms with Crippen LogP contribution in [0.2, 0.25) is 0 Å². The number of piperidine rings is 1. The van der Waals surface area contributed by atoms with Crippen molar-refractivity contribution >= 4 is 5.95 Å². The molecule has 1 saturated heterocycles. The second-order valence-corrected chi connectivity index (χ2v) is 4.41. The number of aryl methyl sites for hydroxylation is 1. The van der Waals surface area contributed by atoms with Crippen LogP contribution in [0.25, 0.3) is 0 Å². The van der Waals surface area contributed by atoms with Gasteiger partial charge >= 0.3 is 0 Å². The molecule has 0 aliphatic carbocycles. The summed E-state index contributed by atoms with van der Waals surface area (Å²) in [5.41, 5.74) is 1.10. The third kappa shape index (κ3) is 3.45. The second-order valence-electron chi connectivity index (χ2n) is 4.41. The van der Waals surface area contributed by atoms with Crippen LogP contribution in [-0.2, 0) is 0 Å². The van der Waals surface area contributed by atoms with Crippen molar-refractivity contribution in [3.63, 3.8) is 0 Å². The SMILES string of the molecule is Cc1cnc(NCCN2CCCCC2)nc1. The predicted molar refractivity (Wildman–Crippen MR) is 65.5 cm³/mol. The van der Waals surface area contributed by atoms with E-state index in [2.05, 4.69) is 20.2 Å². The van der Waals surface area contributed by atoms with Gasteiger partial charge in [-0.15, -0.1) is 0 Å². The summed E-state index contributed by atoms with van der Waals surface area (Å²) in [5.74, 6) is 0.739. The van der Waals surface area contributed by atoms with Crippen LogP contribution < -0.4 is 5.32 Å². The normalized spacial score (nSPS) is 17.3. The second kappa shape index (κ2) is 5.80. The van der Waals surface area contributed by atoms with Crippen molar-refractivity contribution in [2.45, 2.75) is 26.2 Å². The number of anilines is 1. The molecule has 0 bridgehead atoms. The fourth-order valence-electron chi connectivity index (χ4n) is 1.99. The van der Waals surface area contributed by atoms with Gasteiger partial charge in [-0.05, 0) is 38.4 Å². The van der Waals surface area contributed by atoms with E-state index in [0.717, 1.165) is 24.6 Å². The van der Waals surface area contributed by atoms with Gasteiger partial charge in [-0.2, -0.15) is 0 Å². The highest BCUT2D eigenvalue weighted by Crippen LogP contribution is 2.07. The molecule has 2 heterocycles. The Kier molecular flexibility index (Phi) is 4.10. The molecule has 0 spiro atoms. The van der Waals surface area contributed by atoms with E-state index >= 15 is 0 Å². The number of nitrogens with zero attached hydrogens (tertiary/aromatic N) is 3. The van der Waals surface area contributed by atoms with Crippen molar-refractivity contribution in [3.05, 3.63) is 18.0 Å². The highest BCUT2D eigenvalue weighted by Gasteiger charge is 2.08. The number of hydrogen-bond donors (Lipinski definition) is 1. The Bertz CT molecular complexity index is 303. The van der Waals surface area contributed by atoms with Gasteiger partial charge < -0.3 is 10.2 Å². The highest BCUT2D eigenvalue weighted by atomic mass is 15.2. The molecule has 0 aromatic carbocycles. The first kappa shape index (κ1) is 11.3. The molecule has 0 amide bonds. The maximum absolute atomic E-state index is 4.22. The summed E-state index contributed by atoms with van der Waals surface area (Å²) < 4.78 is 0. The van der Waals surface area contributed by atoms with Gasteiger partial charge in [0, 0.05) is 25.5 Å². The van der Waals surface area contributed by atoms with Crippen molar-refractivity contribution < 1.29 is 0 Å². The van der Waals surface area contributed by atoms with Crippen LogP contribution in [0, 0.1) is 6.92 Å². The van der Waals surface area contributed by atoms with Crippen molar-refractivity contribution in [1.82, 2.24) is 14.9 Å². The monoisotopic (exact) mass is 220 g/mol. The molecule has 1 fully saturated rings. The summed E-state index contributed by atoms with van der Waals surface area (Å²) in [6.45, 7) is 6.52. The molecule has 0 saturated carbocycles. The Morgan fingerprint density at radius 3 is 2.56 bits per heavy atom. The lowest BCUT2D eigenvalue weighted by atomic mass is 10.1. The van der Waals surface area contributed by atoms with E-state index < -0.39 is 0 Å². The fourth-order valence-corrected chi connectivity index (χ4v) is 1.99. The van der Waals surface area contributed by atoms with E-state index in [-0.39, 0.29) is 0 Å². The molecule has 1 aromatic rings. The average Bonchev–Trinajstić information content (AvgIpc) is 2.33. The van der Waals surface area contributed by atoms with Crippen LogP contribution in [0.15, 0.2) is 12.4 Å². The van der Waals surface area contributed by atoms with Gasteiger partial charge in [0.15, 0.2) is 0 Å². The molecule has 1 N–H and O–H groups in total. The Morgan fingerprint density at radius 1 is 1.19 bits per heavy atom. The molecule has 16 heavy (non-hydrogen) atoms. The van der Waals surface area contributed by atoms with Crippen LogP contribution >= 0.6 is 0 Å². The van der Waals surface area contributed by atoms with E-state index in [0.29, 0.717) is 0 Å². The third-order valence-corrected chi connectivity index (χ3v) is 2.94. The first-order chi connectivity index (χ1) is 7.84. The number of nitrogens with one attached hydrogen (secondary N) is 1. The maximum atomic E-state index is 4.22. The number of aromatic nitrogens is 2. The van der Waals surface area contributed by atoms with Crippen molar-refractivity contribution in [2.24, 2.45) is 0 Å². The van der Waals surface area contributed by atoms with Crippen molar-refractivity contribution in [1.29, 1.82) is 0 Å². The first-order valence-corrected chi connectivity index (χ1v) is 6.09. The molecule has 1 aromatic heterocycles. The van der Waals surface area contributed by atoms with Gasteiger partial charge in [0.05, 0.1) is 0 Å². The van der Waals surface area contributed by atoms with Gasteiger partial charge in [-0.25, -0.2) is 9.97 Å². The van der Waals surface area contributed by atoms with Crippen molar-refractivity contribution in [2.75, 3.05) is 31.5 Å². The standard InChI is InChI=1S/C12H20N4/c1-11-9-14-12(15-10-11)13-5-8-16-6-3-2-4-7-16/h9-10H,2-8H2,1H3,(H,13,14,15). The lowest BCUT2D eigenvalue weighted by molar-refractivity contribution is 0.237. The predicted octanol–water partition coefficient (Wildman–Crippen LogP) is 1.68. The van der Waals surface area contributed by atoms with Gasteiger partial charge in [0.2, 0.25) is 5.95 Å². The smallest absolute Gasteiger partial charge is 0.222 e. The quantitative estimate of drug-likeness (QED) is 0.838. The number of likely N-dealkylation sites (tertiary alicyclic amines) is 1. The molecule has 1 aliphatic rings. The first-order valence-electron chi connectivity index (χ1n) is 6.09. The molecule has 0 radical (unpaired) electrons. The molecule has 88 valence electrons. The lowest BCUT2D eigenvalue weighted by Crippen LogP contribution is -2.33. The zero-order chi connectivity index (χ0) is 11.2. The Balaban J connectivity index is 1.69. The molecule has 0 unspecified atom stereocenters. The zero-order valence-electron chi connectivity index (χ0n) is 9.95. The molecular weight excluding hydrogens is 200 g/mol. The summed E-state index contributed by atoms with van der Waals surface area (Å²) in [6.07, 6.45) is 7.78. The van der Waals surface area contributed by atoms with E-state index in [4.69, 9.17) is 0 Å². The Labute approximate surface area is 97.1 Å². The third-order valence-electron chi connectivity index (χ3n) is 2.94. The zero-order valence-corrected chi connectivity index (χ0v) is 9.95. The Morgan fingerprint density at radius 2 is 1.88 bits per heavy atom. The molecular formula is C12H20N4. The highest BCUT2D eigenvalue weighted by molar-refractivity contribution is 5.23. The molecule has 1 aliphatic heterocycles. The van der Waals surface area contributed by atoms with Crippen LogP contribution in [0.5, 0.6) is 0 Å². The number of hydrogen-bond acceptors (Lipinski definition) is 4. The molecule has 2 rings (SSSR count). The Hall–Kier alpha value is -1.16. The maximum Gasteiger partial charge on any atom is 0.222 e. The molecule has 4 nitrogen and oxygen atoms in total. The van der Waals surface area contributed by atoms with Gasteiger partial charge in [0.1, 0.15) is 0 Å². The summed E-state index contributed by atoms with van der Waals surface area (Å²) in [6, 6.07) is 0. The van der Waals surface area contributed by atoms with Crippen LogP contribution in [0.1, 0.15) is 24.8 Å². The van der Waals surface area contributed by atoms with E-state index in [1.807, 2.05) is 19.3 Å². The van der Waals surface area contributed by atoms with E-state index in [1.165, 1.54) is 32.4 Å². The van der Waals surface area contributed by atoms with Crippen molar-refractivity contribution in [3.8, 4) is 0 Å². The van der Waals surface area contributed by atoms with Crippen LogP contribution in [0.3, 0.4) is 0 Å².